The average Bonchev–Trinajstić information content (AvgIpc) is 2.98. The van der Waals surface area contributed by atoms with Crippen molar-refractivity contribution in [2.24, 2.45) is 5.73 Å². The van der Waals surface area contributed by atoms with Gasteiger partial charge in [0.15, 0.2) is 0 Å². The number of anilines is 3. The van der Waals surface area contributed by atoms with Crippen LogP contribution in [0.25, 0.3) is 11.1 Å². The molecule has 0 aliphatic heterocycles. The van der Waals surface area contributed by atoms with Gasteiger partial charge in [-0.2, -0.15) is 0 Å². The highest BCUT2D eigenvalue weighted by Crippen LogP contribution is 2.43. The Hall–Kier alpha value is -3.50. The number of rotatable bonds is 12. The smallest absolute Gasteiger partial charge is 0.148 e. The third-order valence-corrected chi connectivity index (χ3v) is 8.12. The van der Waals surface area contributed by atoms with Crippen molar-refractivity contribution < 1.29 is 0 Å². The third kappa shape index (κ3) is 6.39. The second-order valence-electron chi connectivity index (χ2n) is 11.2. The van der Waals surface area contributed by atoms with Crippen LogP contribution in [0.4, 0.5) is 17.1 Å². The van der Waals surface area contributed by atoms with Crippen LogP contribution in [0.3, 0.4) is 0 Å². The van der Waals surface area contributed by atoms with Crippen LogP contribution in [0, 0.1) is 0 Å². The molecule has 0 unspecified atom stereocenters. The average molecular weight is 521 g/mol. The first-order chi connectivity index (χ1) is 18.8. The van der Waals surface area contributed by atoms with E-state index < -0.39 is 5.54 Å². The number of unbranched alkanes of at least 4 members (excludes halogenated alkanes) is 2. The number of hydrogen-bond acceptors (Lipinski definition) is 4. The first-order valence-corrected chi connectivity index (χ1v) is 14.5. The van der Waals surface area contributed by atoms with Crippen molar-refractivity contribution in [2.45, 2.75) is 84.1 Å². The first kappa shape index (κ1) is 28.5. The Labute approximate surface area is 235 Å². The van der Waals surface area contributed by atoms with Crippen molar-refractivity contribution in [1.82, 2.24) is 9.97 Å². The zero-order valence-corrected chi connectivity index (χ0v) is 24.3. The number of hydrogen-bond donors (Lipinski definition) is 1. The van der Waals surface area contributed by atoms with Gasteiger partial charge in [0.25, 0.3) is 0 Å². The predicted octanol–water partition coefficient (Wildman–Crippen LogP) is 9.45. The standard InChI is InChI=1S/C35H44N4/c1-6-9-16-23-34(4,5)28-21-22-32(39(29-17-12-10-13-18-29)30-19-14-11-15-20-30)31(24-28)27-25-37-33(38-26-27)35(36,7-2)8-3/h10-15,17-22,24-26H,6-9,16,23,36H2,1-5H3. The van der Waals surface area contributed by atoms with Gasteiger partial charge in [-0.1, -0.05) is 96.3 Å². The lowest BCUT2D eigenvalue weighted by atomic mass is 9.79. The van der Waals surface area contributed by atoms with Crippen LogP contribution in [0.2, 0.25) is 0 Å². The van der Waals surface area contributed by atoms with Gasteiger partial charge in [0.05, 0.1) is 11.2 Å². The van der Waals surface area contributed by atoms with Gasteiger partial charge in [-0.3, -0.25) is 0 Å². The van der Waals surface area contributed by atoms with E-state index in [2.05, 4.69) is 118 Å². The SMILES string of the molecule is CCCCCC(C)(C)c1ccc(N(c2ccccc2)c2ccccc2)c(-c2cnc(C(N)(CC)CC)nc2)c1. The van der Waals surface area contributed by atoms with E-state index in [1.54, 1.807) is 0 Å². The van der Waals surface area contributed by atoms with E-state index in [1.807, 2.05) is 12.4 Å². The molecule has 4 aromatic rings. The first-order valence-electron chi connectivity index (χ1n) is 14.5. The van der Waals surface area contributed by atoms with E-state index in [-0.39, 0.29) is 5.41 Å². The van der Waals surface area contributed by atoms with Crippen LogP contribution in [0.5, 0.6) is 0 Å². The molecule has 0 bridgehead atoms. The fraction of sp³-hybridized carbons (Fsp3) is 0.371. The summed E-state index contributed by atoms with van der Waals surface area (Å²) in [5.41, 5.74) is 12.9. The Balaban J connectivity index is 1.89. The van der Waals surface area contributed by atoms with Crippen molar-refractivity contribution in [3.63, 3.8) is 0 Å². The topological polar surface area (TPSA) is 55.0 Å². The molecule has 0 amide bonds. The van der Waals surface area contributed by atoms with Crippen LogP contribution in [-0.2, 0) is 11.0 Å². The van der Waals surface area contributed by atoms with Crippen LogP contribution < -0.4 is 10.6 Å². The highest BCUT2D eigenvalue weighted by Gasteiger charge is 2.27. The second-order valence-corrected chi connectivity index (χ2v) is 11.2. The maximum absolute atomic E-state index is 6.64. The summed E-state index contributed by atoms with van der Waals surface area (Å²) in [4.78, 5) is 11.9. The fourth-order valence-electron chi connectivity index (χ4n) is 5.22. The minimum Gasteiger partial charge on any atom is -0.319 e. The monoisotopic (exact) mass is 520 g/mol. The molecular formula is C35H44N4. The van der Waals surface area contributed by atoms with E-state index in [0.29, 0.717) is 5.82 Å². The van der Waals surface area contributed by atoms with Crippen LogP contribution >= 0.6 is 0 Å². The Morgan fingerprint density at radius 1 is 0.744 bits per heavy atom. The number of benzene rings is 3. The highest BCUT2D eigenvalue weighted by atomic mass is 15.1. The Morgan fingerprint density at radius 3 is 1.82 bits per heavy atom. The van der Waals surface area contributed by atoms with Gasteiger partial charge in [0.2, 0.25) is 0 Å². The molecule has 0 atom stereocenters. The van der Waals surface area contributed by atoms with Crippen molar-refractivity contribution in [3.8, 4) is 11.1 Å². The molecule has 4 rings (SSSR count). The second kappa shape index (κ2) is 12.6. The quantitative estimate of drug-likeness (QED) is 0.189. The van der Waals surface area contributed by atoms with E-state index in [1.165, 1.54) is 24.8 Å². The molecule has 0 saturated heterocycles. The zero-order valence-electron chi connectivity index (χ0n) is 24.3. The number of nitrogens with zero attached hydrogens (tertiary/aromatic N) is 3. The van der Waals surface area contributed by atoms with E-state index >= 15 is 0 Å². The third-order valence-electron chi connectivity index (χ3n) is 8.12. The number of nitrogens with two attached hydrogens (primary N) is 1. The lowest BCUT2D eigenvalue weighted by Gasteiger charge is -2.31. The van der Waals surface area contributed by atoms with Crippen molar-refractivity contribution >= 4 is 17.1 Å². The van der Waals surface area contributed by atoms with Crippen LogP contribution in [0.15, 0.2) is 91.3 Å². The summed E-state index contributed by atoms with van der Waals surface area (Å²) in [6, 6.07) is 28.0. The molecular weight excluding hydrogens is 476 g/mol. The molecule has 1 heterocycles. The molecule has 0 aliphatic carbocycles. The minimum atomic E-state index is -0.509. The largest absolute Gasteiger partial charge is 0.319 e. The summed E-state index contributed by atoms with van der Waals surface area (Å²) in [5.74, 6) is 0.705. The van der Waals surface area contributed by atoms with E-state index in [4.69, 9.17) is 15.7 Å². The maximum Gasteiger partial charge on any atom is 0.148 e. The lowest BCUT2D eigenvalue weighted by molar-refractivity contribution is 0.387. The van der Waals surface area contributed by atoms with Gasteiger partial charge in [-0.25, -0.2) is 9.97 Å². The Bertz CT molecular complexity index is 1270. The summed E-state index contributed by atoms with van der Waals surface area (Å²) in [5, 5.41) is 0. The Kier molecular flexibility index (Phi) is 9.19. The summed E-state index contributed by atoms with van der Waals surface area (Å²) < 4.78 is 0. The molecule has 0 spiro atoms. The zero-order chi connectivity index (χ0) is 27.9. The van der Waals surface area contributed by atoms with E-state index in [0.717, 1.165) is 47.5 Å². The molecule has 4 nitrogen and oxygen atoms in total. The van der Waals surface area contributed by atoms with Gasteiger partial charge >= 0.3 is 0 Å². The molecule has 3 aromatic carbocycles. The molecule has 4 heteroatoms. The Morgan fingerprint density at radius 2 is 1.31 bits per heavy atom. The highest BCUT2D eigenvalue weighted by molar-refractivity contribution is 5.88. The van der Waals surface area contributed by atoms with Crippen molar-refractivity contribution in [1.29, 1.82) is 0 Å². The molecule has 39 heavy (non-hydrogen) atoms. The fourth-order valence-corrected chi connectivity index (χ4v) is 5.22. The van der Waals surface area contributed by atoms with Crippen molar-refractivity contribution in [3.05, 3.63) is 103 Å². The van der Waals surface area contributed by atoms with Crippen LogP contribution in [-0.4, -0.2) is 9.97 Å². The number of aromatic nitrogens is 2. The van der Waals surface area contributed by atoms with Crippen molar-refractivity contribution in [2.75, 3.05) is 4.90 Å². The van der Waals surface area contributed by atoms with Crippen LogP contribution in [0.1, 0.15) is 84.5 Å². The predicted molar refractivity (Wildman–Crippen MR) is 166 cm³/mol. The number of para-hydroxylation sites is 2. The van der Waals surface area contributed by atoms with Gasteiger partial charge in [-0.15, -0.1) is 0 Å². The van der Waals surface area contributed by atoms with Gasteiger partial charge in [-0.05, 0) is 66.6 Å². The summed E-state index contributed by atoms with van der Waals surface area (Å²) >= 11 is 0. The van der Waals surface area contributed by atoms with Gasteiger partial charge in [0.1, 0.15) is 5.82 Å². The molecule has 1 aromatic heterocycles. The van der Waals surface area contributed by atoms with E-state index in [9.17, 15) is 0 Å². The molecule has 0 fully saturated rings. The lowest BCUT2D eigenvalue weighted by Crippen LogP contribution is -2.37. The summed E-state index contributed by atoms with van der Waals surface area (Å²) in [6.07, 6.45) is 10.4. The molecule has 0 aliphatic rings. The molecule has 204 valence electrons. The van der Waals surface area contributed by atoms with Gasteiger partial charge < -0.3 is 10.6 Å². The van der Waals surface area contributed by atoms with Gasteiger partial charge in [0, 0.05) is 34.9 Å². The molecule has 2 N–H and O–H groups in total. The summed E-state index contributed by atoms with van der Waals surface area (Å²) in [6.45, 7) is 11.2. The molecule has 0 radical (unpaired) electrons. The normalized spacial score (nSPS) is 11.9. The summed E-state index contributed by atoms with van der Waals surface area (Å²) in [7, 11) is 0. The minimum absolute atomic E-state index is 0.0599. The molecule has 0 saturated carbocycles. The maximum atomic E-state index is 6.64.